The molecule has 0 radical (unpaired) electrons. The second-order valence-electron chi connectivity index (χ2n) is 3.86. The summed E-state index contributed by atoms with van der Waals surface area (Å²) in [6, 6.07) is 6.29. The maximum Gasteiger partial charge on any atom is 0.159 e. The lowest BCUT2D eigenvalue weighted by Gasteiger charge is -2.06. The summed E-state index contributed by atoms with van der Waals surface area (Å²) < 4.78 is 0. The lowest BCUT2D eigenvalue weighted by molar-refractivity contribution is 1.16. The van der Waals surface area contributed by atoms with Gasteiger partial charge in [0.1, 0.15) is 0 Å². The molecule has 16 heavy (non-hydrogen) atoms. The van der Waals surface area contributed by atoms with E-state index in [2.05, 4.69) is 47.3 Å². The van der Waals surface area contributed by atoms with E-state index in [1.165, 1.54) is 11.1 Å². The number of benzene rings is 1. The van der Waals surface area contributed by atoms with Gasteiger partial charge in [-0.15, -0.1) is 0 Å². The van der Waals surface area contributed by atoms with Crippen molar-refractivity contribution in [2.45, 2.75) is 13.8 Å². The average Bonchev–Trinajstić information content (AvgIpc) is 2.29. The Morgan fingerprint density at radius 3 is 2.31 bits per heavy atom. The summed E-state index contributed by atoms with van der Waals surface area (Å²) in [5.41, 5.74) is 4.48. The largest absolute Gasteiger partial charge is 0.386 e. The first-order valence-electron chi connectivity index (χ1n) is 5.28. The van der Waals surface area contributed by atoms with E-state index in [9.17, 15) is 0 Å². The van der Waals surface area contributed by atoms with Crippen molar-refractivity contribution < 1.29 is 0 Å². The van der Waals surface area contributed by atoms with Crippen molar-refractivity contribution in [2.75, 3.05) is 12.4 Å². The standard InChI is InChI=1S/C13H15N3/c1-9-4-5-12(10(2)6-9)13-15-7-11(14-3)8-16-13/h4-8,14H,1-3H3. The maximum atomic E-state index is 4.34. The van der Waals surface area contributed by atoms with Crippen LogP contribution in [0.5, 0.6) is 0 Å². The van der Waals surface area contributed by atoms with E-state index in [1.54, 1.807) is 12.4 Å². The third kappa shape index (κ3) is 2.03. The lowest BCUT2D eigenvalue weighted by Crippen LogP contribution is -1.95. The Labute approximate surface area is 95.6 Å². The van der Waals surface area contributed by atoms with E-state index in [4.69, 9.17) is 0 Å². The molecule has 1 heterocycles. The van der Waals surface area contributed by atoms with Crippen molar-refractivity contribution in [3.05, 3.63) is 41.7 Å². The Bertz CT molecular complexity index is 489. The molecule has 2 rings (SSSR count). The third-order valence-corrected chi connectivity index (χ3v) is 2.56. The van der Waals surface area contributed by atoms with Crippen LogP contribution in [-0.4, -0.2) is 17.0 Å². The Morgan fingerprint density at radius 2 is 1.75 bits per heavy atom. The highest BCUT2D eigenvalue weighted by atomic mass is 14.9. The fraction of sp³-hybridized carbons (Fsp3) is 0.231. The number of nitrogens with one attached hydrogen (secondary N) is 1. The van der Waals surface area contributed by atoms with E-state index < -0.39 is 0 Å². The van der Waals surface area contributed by atoms with Crippen molar-refractivity contribution in [3.63, 3.8) is 0 Å². The Hall–Kier alpha value is -1.90. The van der Waals surface area contributed by atoms with Crippen LogP contribution in [0.4, 0.5) is 5.69 Å². The van der Waals surface area contributed by atoms with Crippen LogP contribution >= 0.6 is 0 Å². The summed E-state index contributed by atoms with van der Waals surface area (Å²) in [5, 5.41) is 3.00. The number of aromatic nitrogens is 2. The van der Waals surface area contributed by atoms with Crippen molar-refractivity contribution in [1.29, 1.82) is 0 Å². The normalized spacial score (nSPS) is 10.2. The smallest absolute Gasteiger partial charge is 0.159 e. The van der Waals surface area contributed by atoms with E-state index in [-0.39, 0.29) is 0 Å². The van der Waals surface area contributed by atoms with E-state index >= 15 is 0 Å². The number of aryl methyl sites for hydroxylation is 2. The minimum absolute atomic E-state index is 0.775. The van der Waals surface area contributed by atoms with Gasteiger partial charge < -0.3 is 5.32 Å². The molecule has 1 aromatic carbocycles. The molecule has 0 spiro atoms. The van der Waals surface area contributed by atoms with Crippen LogP contribution in [0, 0.1) is 13.8 Å². The molecule has 1 N–H and O–H groups in total. The highest BCUT2D eigenvalue weighted by molar-refractivity contribution is 5.61. The quantitative estimate of drug-likeness (QED) is 0.833. The van der Waals surface area contributed by atoms with Crippen LogP contribution in [0.3, 0.4) is 0 Å². The van der Waals surface area contributed by atoms with E-state index in [0.717, 1.165) is 17.1 Å². The van der Waals surface area contributed by atoms with Crippen molar-refractivity contribution in [1.82, 2.24) is 9.97 Å². The molecule has 0 aliphatic rings. The molecule has 0 fully saturated rings. The van der Waals surface area contributed by atoms with Gasteiger partial charge in [-0.1, -0.05) is 23.8 Å². The monoisotopic (exact) mass is 213 g/mol. The zero-order valence-corrected chi connectivity index (χ0v) is 9.78. The van der Waals surface area contributed by atoms with Crippen molar-refractivity contribution in [3.8, 4) is 11.4 Å². The molecule has 0 saturated heterocycles. The predicted octanol–water partition coefficient (Wildman–Crippen LogP) is 2.80. The fourth-order valence-electron chi connectivity index (χ4n) is 1.66. The lowest BCUT2D eigenvalue weighted by atomic mass is 10.1. The molecule has 0 atom stereocenters. The predicted molar refractivity (Wildman–Crippen MR) is 66.5 cm³/mol. The van der Waals surface area contributed by atoms with Crippen LogP contribution < -0.4 is 5.32 Å². The van der Waals surface area contributed by atoms with Crippen LogP contribution in [0.1, 0.15) is 11.1 Å². The van der Waals surface area contributed by atoms with Gasteiger partial charge in [0.05, 0.1) is 18.1 Å². The summed E-state index contributed by atoms with van der Waals surface area (Å²) >= 11 is 0. The number of hydrogen-bond acceptors (Lipinski definition) is 3. The van der Waals surface area contributed by atoms with Gasteiger partial charge >= 0.3 is 0 Å². The Balaban J connectivity index is 2.42. The average molecular weight is 213 g/mol. The van der Waals surface area contributed by atoms with Crippen LogP contribution in [-0.2, 0) is 0 Å². The van der Waals surface area contributed by atoms with Gasteiger partial charge in [0.15, 0.2) is 5.82 Å². The first-order chi connectivity index (χ1) is 7.70. The maximum absolute atomic E-state index is 4.34. The second kappa shape index (κ2) is 4.31. The molecule has 0 aliphatic carbocycles. The second-order valence-corrected chi connectivity index (χ2v) is 3.86. The summed E-state index contributed by atoms with van der Waals surface area (Å²) in [7, 11) is 1.86. The van der Waals surface area contributed by atoms with Gasteiger partial charge in [0, 0.05) is 12.6 Å². The Morgan fingerprint density at radius 1 is 1.06 bits per heavy atom. The molecule has 0 saturated carbocycles. The minimum atomic E-state index is 0.775. The molecule has 1 aromatic heterocycles. The highest BCUT2D eigenvalue weighted by Crippen LogP contribution is 2.20. The number of hydrogen-bond donors (Lipinski definition) is 1. The molecule has 0 amide bonds. The van der Waals surface area contributed by atoms with Crippen LogP contribution in [0.15, 0.2) is 30.6 Å². The zero-order chi connectivity index (χ0) is 11.5. The summed E-state index contributed by atoms with van der Waals surface area (Å²) in [6.07, 6.45) is 3.59. The Kier molecular flexibility index (Phi) is 2.86. The van der Waals surface area contributed by atoms with Crippen molar-refractivity contribution >= 4 is 5.69 Å². The minimum Gasteiger partial charge on any atom is -0.386 e. The first kappa shape index (κ1) is 10.6. The zero-order valence-electron chi connectivity index (χ0n) is 9.78. The van der Waals surface area contributed by atoms with Gasteiger partial charge in [-0.2, -0.15) is 0 Å². The van der Waals surface area contributed by atoms with Gasteiger partial charge in [0.2, 0.25) is 0 Å². The molecule has 0 bridgehead atoms. The van der Waals surface area contributed by atoms with Gasteiger partial charge in [-0.25, -0.2) is 9.97 Å². The van der Waals surface area contributed by atoms with Crippen molar-refractivity contribution in [2.24, 2.45) is 0 Å². The van der Waals surface area contributed by atoms with Crippen LogP contribution in [0.25, 0.3) is 11.4 Å². The molecule has 2 aromatic rings. The van der Waals surface area contributed by atoms with Gasteiger partial charge in [0.25, 0.3) is 0 Å². The van der Waals surface area contributed by atoms with E-state index in [0.29, 0.717) is 0 Å². The SMILES string of the molecule is CNc1cnc(-c2ccc(C)cc2C)nc1. The molecule has 3 heteroatoms. The summed E-state index contributed by atoms with van der Waals surface area (Å²) in [4.78, 5) is 8.67. The highest BCUT2D eigenvalue weighted by Gasteiger charge is 2.04. The van der Waals surface area contributed by atoms with Gasteiger partial charge in [-0.3, -0.25) is 0 Å². The third-order valence-electron chi connectivity index (χ3n) is 2.56. The molecule has 0 aliphatic heterocycles. The summed E-state index contributed by atoms with van der Waals surface area (Å²) in [6.45, 7) is 4.17. The number of anilines is 1. The fourth-order valence-corrected chi connectivity index (χ4v) is 1.66. The topological polar surface area (TPSA) is 37.8 Å². The molecular formula is C13H15N3. The number of rotatable bonds is 2. The molecule has 0 unspecified atom stereocenters. The number of nitrogens with zero attached hydrogens (tertiary/aromatic N) is 2. The summed E-state index contributed by atoms with van der Waals surface area (Å²) in [5.74, 6) is 0.775. The van der Waals surface area contributed by atoms with Crippen LogP contribution in [0.2, 0.25) is 0 Å². The molecular weight excluding hydrogens is 198 g/mol. The molecule has 3 nitrogen and oxygen atoms in total. The van der Waals surface area contributed by atoms with Gasteiger partial charge in [-0.05, 0) is 19.4 Å². The van der Waals surface area contributed by atoms with E-state index in [1.807, 2.05) is 7.05 Å². The first-order valence-corrected chi connectivity index (χ1v) is 5.28. The molecule has 82 valence electrons.